The number of carbonyl (C=O) groups is 1. The molecule has 2 aromatic carbocycles. The fourth-order valence-corrected chi connectivity index (χ4v) is 4.34. The van der Waals surface area contributed by atoms with Crippen LogP contribution in [0.3, 0.4) is 0 Å². The van der Waals surface area contributed by atoms with Crippen LogP contribution in [0.1, 0.15) is 40.6 Å². The third-order valence-corrected chi connectivity index (χ3v) is 5.85. The highest BCUT2D eigenvalue weighted by molar-refractivity contribution is 5.98. The number of piperidine rings is 1. The molecule has 5 rings (SSSR count). The molecule has 0 N–H and O–H groups in total. The van der Waals surface area contributed by atoms with Crippen LogP contribution < -0.4 is 0 Å². The van der Waals surface area contributed by atoms with Crippen molar-refractivity contribution in [1.82, 2.24) is 9.88 Å². The van der Waals surface area contributed by atoms with E-state index in [9.17, 15) is 4.79 Å². The second-order valence-corrected chi connectivity index (χ2v) is 8.01. The van der Waals surface area contributed by atoms with Gasteiger partial charge in [0.1, 0.15) is 11.3 Å². The molecule has 4 nitrogen and oxygen atoms in total. The van der Waals surface area contributed by atoms with E-state index in [0.29, 0.717) is 6.54 Å². The number of rotatable bonds is 3. The van der Waals surface area contributed by atoms with Crippen LogP contribution in [-0.2, 0) is 0 Å². The van der Waals surface area contributed by atoms with E-state index in [2.05, 4.69) is 24.3 Å². The summed E-state index contributed by atoms with van der Waals surface area (Å²) in [5.41, 5.74) is 4.70. The second-order valence-electron chi connectivity index (χ2n) is 8.01. The number of benzene rings is 2. The molecule has 1 saturated heterocycles. The van der Waals surface area contributed by atoms with Gasteiger partial charge in [-0.25, -0.2) is 0 Å². The lowest BCUT2D eigenvalue weighted by Gasteiger charge is -2.32. The summed E-state index contributed by atoms with van der Waals surface area (Å²) in [6, 6.07) is 24.1. The van der Waals surface area contributed by atoms with Crippen molar-refractivity contribution in [3.63, 3.8) is 0 Å². The molecule has 0 bridgehead atoms. The summed E-state index contributed by atoms with van der Waals surface area (Å²) >= 11 is 0. The molecule has 0 radical (unpaired) electrons. The highest BCUT2D eigenvalue weighted by Gasteiger charge is 2.26. The van der Waals surface area contributed by atoms with E-state index >= 15 is 0 Å². The summed E-state index contributed by atoms with van der Waals surface area (Å²) in [7, 11) is 0. The van der Waals surface area contributed by atoms with E-state index in [0.717, 1.165) is 58.6 Å². The number of pyridine rings is 1. The molecule has 2 aromatic heterocycles. The average molecular weight is 396 g/mol. The molecule has 0 spiro atoms. The molecule has 4 aromatic rings. The molecular formula is C26H24N2O2. The van der Waals surface area contributed by atoms with Crippen LogP contribution in [0.15, 0.2) is 77.2 Å². The predicted octanol–water partition coefficient (Wildman–Crippen LogP) is 5.82. The maximum absolute atomic E-state index is 13.2. The largest absolute Gasteiger partial charge is 0.461 e. The zero-order valence-corrected chi connectivity index (χ0v) is 17.0. The summed E-state index contributed by atoms with van der Waals surface area (Å²) in [6.07, 6.45) is 2.04. The number of aryl methyl sites for hydroxylation is 1. The van der Waals surface area contributed by atoms with Crippen molar-refractivity contribution in [2.75, 3.05) is 13.1 Å². The minimum absolute atomic E-state index is 0.0830. The molecule has 1 amide bonds. The highest BCUT2D eigenvalue weighted by Crippen LogP contribution is 2.29. The molecule has 1 fully saturated rings. The van der Waals surface area contributed by atoms with E-state index in [4.69, 9.17) is 9.40 Å². The van der Waals surface area contributed by atoms with Gasteiger partial charge in [0.05, 0.1) is 5.69 Å². The number of nitrogens with zero attached hydrogens (tertiary/aromatic N) is 2. The average Bonchev–Trinajstić information content (AvgIpc) is 3.18. The normalized spacial score (nSPS) is 16.7. The van der Waals surface area contributed by atoms with Crippen molar-refractivity contribution in [3.8, 4) is 11.3 Å². The maximum Gasteiger partial charge on any atom is 0.253 e. The van der Waals surface area contributed by atoms with Gasteiger partial charge < -0.3 is 9.32 Å². The van der Waals surface area contributed by atoms with Gasteiger partial charge in [-0.3, -0.25) is 9.78 Å². The van der Waals surface area contributed by atoms with Crippen LogP contribution >= 0.6 is 0 Å². The number of hydrogen-bond acceptors (Lipinski definition) is 3. The Bertz CT molecular complexity index is 1200. The summed E-state index contributed by atoms with van der Waals surface area (Å²) in [5, 5.41) is 0.976. The van der Waals surface area contributed by atoms with Crippen LogP contribution in [-0.4, -0.2) is 28.9 Å². The Balaban J connectivity index is 1.37. The lowest BCUT2D eigenvalue weighted by Crippen LogP contribution is -2.39. The van der Waals surface area contributed by atoms with Gasteiger partial charge in [-0.05, 0) is 56.2 Å². The number of amides is 1. The Hall–Kier alpha value is -3.40. The fraction of sp³-hybridized carbons (Fsp3) is 0.231. The first-order valence-electron chi connectivity index (χ1n) is 10.5. The van der Waals surface area contributed by atoms with E-state index in [1.165, 1.54) is 0 Å². The van der Waals surface area contributed by atoms with E-state index in [1.54, 1.807) is 0 Å². The first-order valence-corrected chi connectivity index (χ1v) is 10.5. The Morgan fingerprint density at radius 1 is 1.03 bits per heavy atom. The maximum atomic E-state index is 13.2. The lowest BCUT2D eigenvalue weighted by atomic mass is 9.93. The van der Waals surface area contributed by atoms with Crippen LogP contribution in [0.4, 0.5) is 0 Å². The summed E-state index contributed by atoms with van der Waals surface area (Å²) in [6.45, 7) is 3.41. The van der Waals surface area contributed by atoms with Gasteiger partial charge in [0, 0.05) is 41.2 Å². The van der Waals surface area contributed by atoms with Gasteiger partial charge in [0.25, 0.3) is 5.91 Å². The molecule has 150 valence electrons. The molecule has 30 heavy (non-hydrogen) atoms. The zero-order chi connectivity index (χ0) is 20.5. The van der Waals surface area contributed by atoms with Gasteiger partial charge in [-0.15, -0.1) is 0 Å². The first kappa shape index (κ1) is 18.6. The smallest absolute Gasteiger partial charge is 0.253 e. The van der Waals surface area contributed by atoms with E-state index in [1.807, 2.05) is 60.4 Å². The van der Waals surface area contributed by atoms with Gasteiger partial charge in [0.15, 0.2) is 0 Å². The van der Waals surface area contributed by atoms with Crippen LogP contribution in [0.2, 0.25) is 0 Å². The highest BCUT2D eigenvalue weighted by atomic mass is 16.3. The summed E-state index contributed by atoms with van der Waals surface area (Å²) in [4.78, 5) is 20.1. The number of carbonyl (C=O) groups excluding carboxylic acids is 1. The topological polar surface area (TPSA) is 46.3 Å². The standard InChI is InChI=1S/C26H24N2O2/c1-18-15-22-16-20(12-13-25(22)30-18)26(29)28-14-6-9-21(17-28)24-11-5-10-23(27-24)19-7-3-2-4-8-19/h2-5,7-8,10-13,15-16,21H,6,9,14,17H2,1H3. The SMILES string of the molecule is Cc1cc2cc(C(=O)N3CCCC(c4cccc(-c5ccccc5)n4)C3)ccc2o1. The van der Waals surface area contributed by atoms with Gasteiger partial charge in [-0.2, -0.15) is 0 Å². The number of fused-ring (bicyclic) bond motifs is 1. The summed E-state index contributed by atoms with van der Waals surface area (Å²) < 4.78 is 5.64. The van der Waals surface area contributed by atoms with E-state index < -0.39 is 0 Å². The molecular weight excluding hydrogens is 372 g/mol. The Morgan fingerprint density at radius 3 is 2.77 bits per heavy atom. The molecule has 1 atom stereocenters. The first-order chi connectivity index (χ1) is 14.7. The predicted molar refractivity (Wildman–Crippen MR) is 119 cm³/mol. The molecule has 1 aliphatic rings. The van der Waals surface area contributed by atoms with Crippen molar-refractivity contribution in [2.45, 2.75) is 25.7 Å². The van der Waals surface area contributed by atoms with Crippen molar-refractivity contribution in [3.05, 3.63) is 89.8 Å². The molecule has 1 unspecified atom stereocenters. The molecule has 1 aliphatic heterocycles. The van der Waals surface area contributed by atoms with Crippen molar-refractivity contribution in [1.29, 1.82) is 0 Å². The lowest BCUT2D eigenvalue weighted by molar-refractivity contribution is 0.0706. The van der Waals surface area contributed by atoms with Gasteiger partial charge in [0.2, 0.25) is 0 Å². The van der Waals surface area contributed by atoms with Crippen LogP contribution in [0.5, 0.6) is 0 Å². The van der Waals surface area contributed by atoms with Crippen LogP contribution in [0, 0.1) is 6.92 Å². The molecule has 0 aliphatic carbocycles. The Labute approximate surface area is 176 Å². The minimum atomic E-state index is 0.0830. The number of aromatic nitrogens is 1. The number of hydrogen-bond donors (Lipinski definition) is 0. The van der Waals surface area contributed by atoms with Crippen LogP contribution in [0.25, 0.3) is 22.2 Å². The second kappa shape index (κ2) is 7.79. The molecule has 0 saturated carbocycles. The van der Waals surface area contributed by atoms with Crippen molar-refractivity contribution >= 4 is 16.9 Å². The van der Waals surface area contributed by atoms with Gasteiger partial charge >= 0.3 is 0 Å². The third-order valence-electron chi connectivity index (χ3n) is 5.85. The van der Waals surface area contributed by atoms with E-state index in [-0.39, 0.29) is 11.8 Å². The molecule has 4 heteroatoms. The Morgan fingerprint density at radius 2 is 1.90 bits per heavy atom. The summed E-state index contributed by atoms with van der Waals surface area (Å²) in [5.74, 6) is 1.20. The minimum Gasteiger partial charge on any atom is -0.461 e. The Kier molecular flexibility index (Phi) is 4.83. The monoisotopic (exact) mass is 396 g/mol. The number of furan rings is 1. The van der Waals surface area contributed by atoms with Crippen molar-refractivity contribution in [2.24, 2.45) is 0 Å². The fourth-order valence-electron chi connectivity index (χ4n) is 4.34. The third kappa shape index (κ3) is 3.61. The zero-order valence-electron chi connectivity index (χ0n) is 17.0. The molecule has 3 heterocycles. The number of likely N-dealkylation sites (tertiary alicyclic amines) is 1. The van der Waals surface area contributed by atoms with Crippen molar-refractivity contribution < 1.29 is 9.21 Å². The quantitative estimate of drug-likeness (QED) is 0.438. The van der Waals surface area contributed by atoms with Gasteiger partial charge in [-0.1, -0.05) is 36.4 Å².